The zero-order valence-corrected chi connectivity index (χ0v) is 20.6. The molecule has 2 saturated heterocycles. The van der Waals surface area contributed by atoms with Crippen LogP contribution in [-0.4, -0.2) is 67.1 Å². The number of halogens is 1. The van der Waals surface area contributed by atoms with Crippen molar-refractivity contribution in [2.75, 3.05) is 39.3 Å². The number of rotatable bonds is 7. The summed E-state index contributed by atoms with van der Waals surface area (Å²) >= 11 is 0. The normalized spacial score (nSPS) is 24.0. The first-order chi connectivity index (χ1) is 13.7. The van der Waals surface area contributed by atoms with Gasteiger partial charge in [0, 0.05) is 38.3 Å². The highest BCUT2D eigenvalue weighted by molar-refractivity contribution is 14.0. The van der Waals surface area contributed by atoms with E-state index in [1.165, 1.54) is 50.8 Å². The molecule has 0 amide bonds. The summed E-state index contributed by atoms with van der Waals surface area (Å²) in [6, 6.07) is 11.9. The first kappa shape index (κ1) is 24.4. The fraction of sp³-hybridized carbons (Fsp3) is 0.696. The van der Waals surface area contributed by atoms with E-state index in [0.29, 0.717) is 12.1 Å². The Balaban J connectivity index is 0.00000300. The molecule has 1 aromatic rings. The fourth-order valence-electron chi connectivity index (χ4n) is 4.40. The summed E-state index contributed by atoms with van der Waals surface area (Å²) in [6.45, 7) is 12.1. The number of nitrogens with zero attached hydrogens (tertiary/aromatic N) is 3. The van der Waals surface area contributed by atoms with Gasteiger partial charge in [-0.15, -0.1) is 24.0 Å². The van der Waals surface area contributed by atoms with Gasteiger partial charge in [0.25, 0.3) is 0 Å². The molecule has 2 N–H and O–H groups in total. The minimum absolute atomic E-state index is 0. The molecule has 3 rings (SSSR count). The monoisotopic (exact) mass is 513 g/mol. The Morgan fingerprint density at radius 1 is 1.10 bits per heavy atom. The summed E-state index contributed by atoms with van der Waals surface area (Å²) in [5, 5.41) is 7.14. The van der Waals surface area contributed by atoms with Crippen LogP contribution in [0.2, 0.25) is 0 Å². The first-order valence-corrected chi connectivity index (χ1v) is 11.3. The number of benzene rings is 1. The van der Waals surface area contributed by atoms with Gasteiger partial charge in [-0.1, -0.05) is 36.8 Å². The van der Waals surface area contributed by atoms with Crippen LogP contribution in [0, 0.1) is 0 Å². The maximum atomic E-state index is 4.85. The summed E-state index contributed by atoms with van der Waals surface area (Å²) in [4.78, 5) is 10.0. The number of nitrogens with one attached hydrogen (secondary N) is 2. The highest BCUT2D eigenvalue weighted by Gasteiger charge is 2.26. The van der Waals surface area contributed by atoms with Crippen LogP contribution in [-0.2, 0) is 6.54 Å². The average Bonchev–Trinajstić information content (AvgIpc) is 2.72. The van der Waals surface area contributed by atoms with Crippen LogP contribution < -0.4 is 10.6 Å². The number of likely N-dealkylation sites (tertiary alicyclic amines) is 2. The van der Waals surface area contributed by atoms with Crippen LogP contribution >= 0.6 is 24.0 Å². The Bertz CT molecular complexity index is 588. The molecule has 5 nitrogen and oxygen atoms in total. The van der Waals surface area contributed by atoms with Crippen molar-refractivity contribution in [2.45, 2.75) is 64.6 Å². The lowest BCUT2D eigenvalue weighted by molar-refractivity contribution is 0.134. The topological polar surface area (TPSA) is 42.9 Å². The first-order valence-electron chi connectivity index (χ1n) is 11.3. The van der Waals surface area contributed by atoms with Crippen molar-refractivity contribution >= 4 is 29.9 Å². The Kier molecular flexibility index (Phi) is 11.3. The van der Waals surface area contributed by atoms with Gasteiger partial charge in [-0.05, 0) is 58.2 Å². The second-order valence-electron chi connectivity index (χ2n) is 8.33. The molecule has 2 fully saturated rings. The van der Waals surface area contributed by atoms with Crippen LogP contribution in [0.15, 0.2) is 35.3 Å². The zero-order valence-electron chi connectivity index (χ0n) is 18.3. The maximum absolute atomic E-state index is 4.85. The fourth-order valence-corrected chi connectivity index (χ4v) is 4.40. The van der Waals surface area contributed by atoms with E-state index >= 15 is 0 Å². The van der Waals surface area contributed by atoms with Crippen LogP contribution in [0.4, 0.5) is 0 Å². The third kappa shape index (κ3) is 8.42. The zero-order chi connectivity index (χ0) is 19.6. The van der Waals surface area contributed by atoms with Gasteiger partial charge >= 0.3 is 0 Å². The molecule has 29 heavy (non-hydrogen) atoms. The lowest BCUT2D eigenvalue weighted by Gasteiger charge is -2.38. The summed E-state index contributed by atoms with van der Waals surface area (Å²) in [5.74, 6) is 0.994. The average molecular weight is 514 g/mol. The molecule has 164 valence electrons. The van der Waals surface area contributed by atoms with E-state index in [4.69, 9.17) is 4.99 Å². The van der Waals surface area contributed by atoms with E-state index in [9.17, 15) is 0 Å². The van der Waals surface area contributed by atoms with E-state index in [0.717, 1.165) is 38.7 Å². The van der Waals surface area contributed by atoms with Crippen molar-refractivity contribution in [1.29, 1.82) is 0 Å². The SMILES string of the molecule is CCNC(=NCCN1CCCCC1)NC1CCN(Cc2ccccc2)C(C)C1.I. The van der Waals surface area contributed by atoms with E-state index in [1.807, 2.05) is 0 Å². The highest BCUT2D eigenvalue weighted by Crippen LogP contribution is 2.20. The predicted molar refractivity (Wildman–Crippen MR) is 134 cm³/mol. The van der Waals surface area contributed by atoms with E-state index < -0.39 is 0 Å². The molecule has 2 atom stereocenters. The van der Waals surface area contributed by atoms with Gasteiger partial charge in [0.15, 0.2) is 5.96 Å². The van der Waals surface area contributed by atoms with E-state index in [1.54, 1.807) is 0 Å². The molecule has 0 spiro atoms. The van der Waals surface area contributed by atoms with Crippen molar-refractivity contribution in [2.24, 2.45) is 4.99 Å². The smallest absolute Gasteiger partial charge is 0.191 e. The van der Waals surface area contributed by atoms with Crippen LogP contribution in [0.25, 0.3) is 0 Å². The van der Waals surface area contributed by atoms with Crippen LogP contribution in [0.1, 0.15) is 51.5 Å². The van der Waals surface area contributed by atoms with Crippen LogP contribution in [0.5, 0.6) is 0 Å². The molecule has 0 saturated carbocycles. The van der Waals surface area contributed by atoms with Crippen molar-refractivity contribution < 1.29 is 0 Å². The Labute approximate surface area is 194 Å². The van der Waals surface area contributed by atoms with Crippen molar-refractivity contribution in [3.63, 3.8) is 0 Å². The summed E-state index contributed by atoms with van der Waals surface area (Å²) in [7, 11) is 0. The molecular formula is C23H40IN5. The lowest BCUT2D eigenvalue weighted by atomic mass is 9.97. The number of aliphatic imine (C=N–C) groups is 1. The summed E-state index contributed by atoms with van der Waals surface area (Å²) in [6.07, 6.45) is 6.44. The standard InChI is InChI=1S/C23H39N5.HI/c1-3-24-23(25-13-17-27-14-8-5-9-15-27)26-22-12-16-28(20(2)18-22)19-21-10-6-4-7-11-21;/h4,6-7,10-11,20,22H,3,5,8-9,12-19H2,1-2H3,(H2,24,25,26);1H. The summed E-state index contributed by atoms with van der Waals surface area (Å²) in [5.41, 5.74) is 1.41. The molecular weight excluding hydrogens is 473 g/mol. The van der Waals surface area contributed by atoms with Gasteiger partial charge < -0.3 is 15.5 Å². The molecule has 2 aliphatic heterocycles. The van der Waals surface area contributed by atoms with Gasteiger partial charge in [0.2, 0.25) is 0 Å². The maximum Gasteiger partial charge on any atom is 0.191 e. The van der Waals surface area contributed by atoms with Gasteiger partial charge in [0.05, 0.1) is 6.54 Å². The van der Waals surface area contributed by atoms with Crippen molar-refractivity contribution in [3.05, 3.63) is 35.9 Å². The molecule has 0 aromatic heterocycles. The van der Waals surface area contributed by atoms with Gasteiger partial charge in [-0.3, -0.25) is 9.89 Å². The molecule has 2 unspecified atom stereocenters. The molecule has 2 heterocycles. The molecule has 1 aromatic carbocycles. The van der Waals surface area contributed by atoms with E-state index in [2.05, 4.69) is 64.6 Å². The highest BCUT2D eigenvalue weighted by atomic mass is 127. The van der Waals surface area contributed by atoms with Gasteiger partial charge in [0.1, 0.15) is 0 Å². The molecule has 0 bridgehead atoms. The third-order valence-corrected chi connectivity index (χ3v) is 6.06. The second-order valence-corrected chi connectivity index (χ2v) is 8.33. The molecule has 2 aliphatic rings. The molecule has 0 aliphatic carbocycles. The Morgan fingerprint density at radius 3 is 2.55 bits per heavy atom. The van der Waals surface area contributed by atoms with Gasteiger partial charge in [-0.25, -0.2) is 0 Å². The lowest BCUT2D eigenvalue weighted by Crippen LogP contribution is -2.51. The number of hydrogen-bond acceptors (Lipinski definition) is 3. The van der Waals surface area contributed by atoms with Gasteiger partial charge in [-0.2, -0.15) is 0 Å². The number of hydrogen-bond donors (Lipinski definition) is 2. The third-order valence-electron chi connectivity index (χ3n) is 6.06. The largest absolute Gasteiger partial charge is 0.357 e. The second kappa shape index (κ2) is 13.4. The quantitative estimate of drug-likeness (QED) is 0.332. The van der Waals surface area contributed by atoms with Crippen LogP contribution in [0.3, 0.4) is 0 Å². The summed E-state index contributed by atoms with van der Waals surface area (Å²) < 4.78 is 0. The number of piperidine rings is 2. The Morgan fingerprint density at radius 2 is 1.86 bits per heavy atom. The van der Waals surface area contributed by atoms with E-state index in [-0.39, 0.29) is 24.0 Å². The number of guanidine groups is 1. The Hall–Kier alpha value is -0.860. The van der Waals surface area contributed by atoms with Crippen molar-refractivity contribution in [1.82, 2.24) is 20.4 Å². The molecule has 6 heteroatoms. The van der Waals surface area contributed by atoms with Crippen molar-refractivity contribution in [3.8, 4) is 0 Å². The minimum atomic E-state index is 0. The predicted octanol–water partition coefficient (Wildman–Crippen LogP) is 3.70. The molecule has 0 radical (unpaired) electrons. The minimum Gasteiger partial charge on any atom is -0.357 e.